The molecule has 0 aliphatic heterocycles. The van der Waals surface area contributed by atoms with Crippen LogP contribution in [0.15, 0.2) is 48.5 Å². The fourth-order valence-electron chi connectivity index (χ4n) is 6.87. The molecule has 2 aliphatic carbocycles. The molecule has 0 nitrogen and oxygen atoms in total. The van der Waals surface area contributed by atoms with Crippen LogP contribution in [0.2, 0.25) is 0 Å². The molecule has 0 unspecified atom stereocenters. The molecule has 0 N–H and O–H groups in total. The van der Waals surface area contributed by atoms with Crippen LogP contribution in [-0.2, 0) is 0 Å². The molecule has 0 saturated heterocycles. The summed E-state index contributed by atoms with van der Waals surface area (Å²) in [6.45, 7) is 7.18. The lowest BCUT2D eigenvalue weighted by Gasteiger charge is -2.38. The lowest BCUT2D eigenvalue weighted by atomic mass is 9.68. The van der Waals surface area contributed by atoms with Gasteiger partial charge in [0.05, 0.1) is 0 Å². The maximum absolute atomic E-state index is 2.55. The highest BCUT2D eigenvalue weighted by Crippen LogP contribution is 2.46. The van der Waals surface area contributed by atoms with E-state index in [1.54, 1.807) is 11.1 Å². The Labute approximate surface area is 211 Å². The molecule has 0 atom stereocenters. The van der Waals surface area contributed by atoms with E-state index in [9.17, 15) is 0 Å². The van der Waals surface area contributed by atoms with E-state index in [1.807, 2.05) is 0 Å². The van der Waals surface area contributed by atoms with E-state index in [4.69, 9.17) is 0 Å². The first-order valence-electron chi connectivity index (χ1n) is 14.8. The molecule has 4 rings (SSSR count). The van der Waals surface area contributed by atoms with E-state index in [-0.39, 0.29) is 0 Å². The summed E-state index contributed by atoms with van der Waals surface area (Å²) in [5, 5.41) is 0. The van der Waals surface area contributed by atoms with Gasteiger partial charge in [-0.15, -0.1) is 0 Å². The molecule has 0 amide bonds. The summed E-state index contributed by atoms with van der Waals surface area (Å²) < 4.78 is 0. The van der Waals surface area contributed by atoms with Crippen LogP contribution in [-0.4, -0.2) is 0 Å². The molecule has 0 aromatic heterocycles. The van der Waals surface area contributed by atoms with Gasteiger partial charge in [-0.1, -0.05) is 108 Å². The van der Waals surface area contributed by atoms with E-state index < -0.39 is 0 Å². The fraction of sp³-hybridized carbons (Fsp3) is 0.647. The van der Waals surface area contributed by atoms with E-state index in [1.165, 1.54) is 107 Å². The van der Waals surface area contributed by atoms with Crippen LogP contribution in [0.5, 0.6) is 0 Å². The van der Waals surface area contributed by atoms with Gasteiger partial charge in [0.2, 0.25) is 0 Å². The van der Waals surface area contributed by atoms with Gasteiger partial charge in [-0.2, -0.15) is 0 Å². The Morgan fingerprint density at radius 3 is 1.62 bits per heavy atom. The molecular formula is C34H50. The van der Waals surface area contributed by atoms with Crippen LogP contribution in [0.3, 0.4) is 0 Å². The minimum Gasteiger partial charge on any atom is -0.0654 e. The van der Waals surface area contributed by atoms with Gasteiger partial charge in [-0.05, 0) is 103 Å². The second kappa shape index (κ2) is 12.4. The molecule has 2 aromatic carbocycles. The van der Waals surface area contributed by atoms with Gasteiger partial charge in [0.1, 0.15) is 0 Å². The third-order valence-corrected chi connectivity index (χ3v) is 9.49. The highest BCUT2D eigenvalue weighted by molar-refractivity contribution is 5.64. The van der Waals surface area contributed by atoms with Crippen molar-refractivity contribution in [3.8, 4) is 11.1 Å². The van der Waals surface area contributed by atoms with Crippen molar-refractivity contribution in [1.29, 1.82) is 0 Å². The molecule has 0 heteroatoms. The lowest BCUT2D eigenvalue weighted by Crippen LogP contribution is -2.23. The fourth-order valence-corrected chi connectivity index (χ4v) is 6.87. The van der Waals surface area contributed by atoms with Gasteiger partial charge in [-0.3, -0.25) is 0 Å². The largest absolute Gasteiger partial charge is 0.0654 e. The second-order valence-corrected chi connectivity index (χ2v) is 12.1. The predicted octanol–water partition coefficient (Wildman–Crippen LogP) is 11.1. The van der Waals surface area contributed by atoms with Crippen LogP contribution in [0, 0.1) is 11.3 Å². The summed E-state index contributed by atoms with van der Waals surface area (Å²) >= 11 is 0. The summed E-state index contributed by atoms with van der Waals surface area (Å²) in [7, 11) is 0. The average Bonchev–Trinajstić information content (AvgIpc) is 2.89. The smallest absolute Gasteiger partial charge is 0.0162 e. The predicted molar refractivity (Wildman–Crippen MR) is 150 cm³/mol. The van der Waals surface area contributed by atoms with E-state index >= 15 is 0 Å². The SMILES string of the molecule is CCCCCC1(C)CCC(c2ccc(-c3ccc(C4CCC(CCCC)CC4)cc3)cc2)CC1. The molecule has 2 aliphatic rings. The molecule has 2 saturated carbocycles. The molecule has 2 fully saturated rings. The molecule has 186 valence electrons. The average molecular weight is 459 g/mol. The van der Waals surface area contributed by atoms with Crippen molar-refractivity contribution in [1.82, 2.24) is 0 Å². The molecule has 0 heterocycles. The van der Waals surface area contributed by atoms with Crippen molar-refractivity contribution in [2.75, 3.05) is 0 Å². The normalized spacial score (nSPS) is 27.6. The lowest BCUT2D eigenvalue weighted by molar-refractivity contribution is 0.178. The Kier molecular flexibility index (Phi) is 9.32. The van der Waals surface area contributed by atoms with Crippen molar-refractivity contribution in [3.63, 3.8) is 0 Å². The Morgan fingerprint density at radius 2 is 1.12 bits per heavy atom. The molecule has 0 radical (unpaired) electrons. The van der Waals surface area contributed by atoms with Crippen molar-refractivity contribution >= 4 is 0 Å². The van der Waals surface area contributed by atoms with Crippen LogP contribution < -0.4 is 0 Å². The summed E-state index contributed by atoms with van der Waals surface area (Å²) in [5.74, 6) is 2.55. The second-order valence-electron chi connectivity index (χ2n) is 12.1. The molecular weight excluding hydrogens is 408 g/mol. The Morgan fingerprint density at radius 1 is 0.618 bits per heavy atom. The van der Waals surface area contributed by atoms with Crippen LogP contribution in [0.4, 0.5) is 0 Å². The van der Waals surface area contributed by atoms with Crippen molar-refractivity contribution < 1.29 is 0 Å². The van der Waals surface area contributed by atoms with E-state index in [2.05, 4.69) is 69.3 Å². The van der Waals surface area contributed by atoms with E-state index in [0.717, 1.165) is 17.8 Å². The maximum Gasteiger partial charge on any atom is -0.0162 e. The summed E-state index contributed by atoms with van der Waals surface area (Å²) in [6, 6.07) is 19.2. The Bertz CT molecular complexity index is 827. The summed E-state index contributed by atoms with van der Waals surface area (Å²) in [5.41, 5.74) is 6.48. The quantitative estimate of drug-likeness (QED) is 0.310. The van der Waals surface area contributed by atoms with Crippen LogP contribution in [0.1, 0.15) is 140 Å². The van der Waals surface area contributed by atoms with Gasteiger partial charge in [-0.25, -0.2) is 0 Å². The number of benzene rings is 2. The number of rotatable bonds is 10. The number of unbranched alkanes of at least 4 members (excludes halogenated alkanes) is 3. The maximum atomic E-state index is 2.55. The van der Waals surface area contributed by atoms with Crippen LogP contribution in [0.25, 0.3) is 11.1 Å². The topological polar surface area (TPSA) is 0 Å². The minimum atomic E-state index is 0.599. The summed E-state index contributed by atoms with van der Waals surface area (Å²) in [4.78, 5) is 0. The monoisotopic (exact) mass is 458 g/mol. The summed E-state index contributed by atoms with van der Waals surface area (Å²) in [6.07, 6.45) is 21.0. The molecule has 0 bridgehead atoms. The first-order chi connectivity index (χ1) is 16.6. The van der Waals surface area contributed by atoms with Gasteiger partial charge in [0.25, 0.3) is 0 Å². The highest BCUT2D eigenvalue weighted by atomic mass is 14.4. The van der Waals surface area contributed by atoms with Gasteiger partial charge in [0, 0.05) is 0 Å². The van der Waals surface area contributed by atoms with Crippen molar-refractivity contribution in [3.05, 3.63) is 59.7 Å². The number of hydrogen-bond acceptors (Lipinski definition) is 0. The highest BCUT2D eigenvalue weighted by Gasteiger charge is 2.31. The van der Waals surface area contributed by atoms with Crippen LogP contribution >= 0.6 is 0 Å². The van der Waals surface area contributed by atoms with Gasteiger partial charge < -0.3 is 0 Å². The first kappa shape index (κ1) is 25.5. The zero-order chi connectivity index (χ0) is 23.8. The van der Waals surface area contributed by atoms with Crippen molar-refractivity contribution in [2.45, 2.75) is 129 Å². The van der Waals surface area contributed by atoms with Gasteiger partial charge in [0.15, 0.2) is 0 Å². The molecule has 2 aromatic rings. The molecule has 34 heavy (non-hydrogen) atoms. The van der Waals surface area contributed by atoms with E-state index in [0.29, 0.717) is 5.41 Å². The van der Waals surface area contributed by atoms with Gasteiger partial charge >= 0.3 is 0 Å². The Balaban J connectivity index is 1.29. The Hall–Kier alpha value is -1.56. The first-order valence-corrected chi connectivity index (χ1v) is 14.8. The third-order valence-electron chi connectivity index (χ3n) is 9.49. The third kappa shape index (κ3) is 6.77. The number of hydrogen-bond donors (Lipinski definition) is 0. The zero-order valence-electron chi connectivity index (χ0n) is 22.5. The van der Waals surface area contributed by atoms with Crippen molar-refractivity contribution in [2.24, 2.45) is 11.3 Å². The standard InChI is InChI=1S/C34H50/c1-4-6-8-24-34(3)25-22-33(23-26-34)32-20-18-31(19-21-32)30-16-14-29(15-17-30)28-12-10-27(11-13-28)9-7-5-2/h14-21,27-28,33H,4-13,22-26H2,1-3H3. The minimum absolute atomic E-state index is 0.599. The molecule has 0 spiro atoms. The zero-order valence-corrected chi connectivity index (χ0v) is 22.5.